The highest BCUT2D eigenvalue weighted by Gasteiger charge is 2.10. The Morgan fingerprint density at radius 3 is 2.71 bits per heavy atom. The predicted molar refractivity (Wildman–Crippen MR) is 60.1 cm³/mol. The minimum absolute atomic E-state index is 0.0670. The number of rotatable bonds is 2. The van der Waals surface area contributed by atoms with E-state index in [1.54, 1.807) is 6.08 Å². The van der Waals surface area contributed by atoms with Crippen molar-refractivity contribution in [1.29, 1.82) is 0 Å². The second-order valence-corrected chi connectivity index (χ2v) is 3.11. The average molecular weight is 185 g/mol. The summed E-state index contributed by atoms with van der Waals surface area (Å²) >= 11 is 0. The largest absolute Gasteiger partial charge is 0.508 e. The van der Waals surface area contributed by atoms with Crippen molar-refractivity contribution in [2.45, 2.75) is 0 Å². The molecule has 2 N–H and O–H groups in total. The molecule has 0 atom stereocenters. The summed E-state index contributed by atoms with van der Waals surface area (Å²) in [6.45, 7) is 7.23. The van der Waals surface area contributed by atoms with Crippen LogP contribution in [0, 0.1) is 0 Å². The number of benzene rings is 1. The smallest absolute Gasteiger partial charge is 0.118 e. The number of para-hydroxylation sites is 1. The lowest BCUT2D eigenvalue weighted by Gasteiger charge is -1.97. The number of aromatic amines is 1. The molecule has 2 aromatic rings. The van der Waals surface area contributed by atoms with Crippen LogP contribution in [0.15, 0.2) is 37.4 Å². The molecule has 1 aromatic carbocycles. The van der Waals surface area contributed by atoms with E-state index in [1.807, 2.05) is 24.3 Å². The van der Waals surface area contributed by atoms with Crippen LogP contribution in [0.4, 0.5) is 0 Å². The molecule has 0 fully saturated rings. The highest BCUT2D eigenvalue weighted by molar-refractivity contribution is 5.94. The number of hydrogen-bond donors (Lipinski definition) is 2. The van der Waals surface area contributed by atoms with E-state index in [-0.39, 0.29) is 5.76 Å². The van der Waals surface area contributed by atoms with Crippen LogP contribution in [-0.2, 0) is 0 Å². The monoisotopic (exact) mass is 185 g/mol. The van der Waals surface area contributed by atoms with Gasteiger partial charge in [0.15, 0.2) is 0 Å². The van der Waals surface area contributed by atoms with Crippen molar-refractivity contribution in [3.8, 4) is 0 Å². The van der Waals surface area contributed by atoms with E-state index in [1.165, 1.54) is 0 Å². The Bertz CT molecular complexity index is 508. The molecular formula is C12H11NO. The second-order valence-electron chi connectivity index (χ2n) is 3.11. The van der Waals surface area contributed by atoms with Gasteiger partial charge in [0, 0.05) is 22.2 Å². The molecule has 0 saturated heterocycles. The first kappa shape index (κ1) is 8.63. The van der Waals surface area contributed by atoms with Crippen LogP contribution in [0.25, 0.3) is 22.7 Å². The summed E-state index contributed by atoms with van der Waals surface area (Å²) < 4.78 is 0. The van der Waals surface area contributed by atoms with Crippen LogP contribution in [0.2, 0.25) is 0 Å². The number of hydrogen-bond acceptors (Lipinski definition) is 1. The standard InChI is InChI=1S/C12H11NO/c1-3-10-12(8(2)14)9-6-4-5-7-11(9)13-10/h3-7,13-14H,1-2H2. The lowest BCUT2D eigenvalue weighted by atomic mass is 10.1. The molecule has 0 radical (unpaired) electrons. The third-order valence-electron chi connectivity index (χ3n) is 2.23. The Morgan fingerprint density at radius 2 is 2.07 bits per heavy atom. The third kappa shape index (κ3) is 1.12. The maximum atomic E-state index is 9.46. The van der Waals surface area contributed by atoms with Crippen molar-refractivity contribution in [1.82, 2.24) is 4.98 Å². The molecule has 2 rings (SSSR count). The Morgan fingerprint density at radius 1 is 1.36 bits per heavy atom. The Balaban J connectivity index is 2.87. The van der Waals surface area contributed by atoms with Crippen LogP contribution in [-0.4, -0.2) is 10.1 Å². The van der Waals surface area contributed by atoms with Gasteiger partial charge in [-0.15, -0.1) is 0 Å². The minimum Gasteiger partial charge on any atom is -0.508 e. The van der Waals surface area contributed by atoms with Gasteiger partial charge in [-0.25, -0.2) is 0 Å². The first-order chi connectivity index (χ1) is 6.74. The van der Waals surface area contributed by atoms with Crippen LogP contribution < -0.4 is 0 Å². The zero-order valence-electron chi connectivity index (χ0n) is 7.75. The first-order valence-electron chi connectivity index (χ1n) is 4.35. The van der Waals surface area contributed by atoms with Crippen molar-refractivity contribution >= 4 is 22.7 Å². The van der Waals surface area contributed by atoms with Gasteiger partial charge in [0.05, 0.1) is 0 Å². The molecule has 0 aliphatic heterocycles. The van der Waals surface area contributed by atoms with Gasteiger partial charge in [-0.05, 0) is 12.1 Å². The van der Waals surface area contributed by atoms with E-state index < -0.39 is 0 Å². The number of aliphatic hydroxyl groups is 1. The summed E-state index contributed by atoms with van der Waals surface area (Å²) in [7, 11) is 0. The fraction of sp³-hybridized carbons (Fsp3) is 0. The van der Waals surface area contributed by atoms with Crippen molar-refractivity contribution in [3.05, 3.63) is 48.7 Å². The number of nitrogens with one attached hydrogen (secondary N) is 1. The number of aliphatic hydroxyl groups excluding tert-OH is 1. The normalized spacial score (nSPS) is 10.3. The van der Waals surface area contributed by atoms with Gasteiger partial charge in [-0.2, -0.15) is 0 Å². The molecular weight excluding hydrogens is 174 g/mol. The molecule has 0 saturated carbocycles. The molecule has 1 heterocycles. The molecule has 0 aliphatic rings. The van der Waals surface area contributed by atoms with E-state index in [2.05, 4.69) is 18.1 Å². The van der Waals surface area contributed by atoms with Crippen molar-refractivity contribution in [2.75, 3.05) is 0 Å². The molecule has 0 spiro atoms. The third-order valence-corrected chi connectivity index (χ3v) is 2.23. The zero-order chi connectivity index (χ0) is 10.1. The van der Waals surface area contributed by atoms with Gasteiger partial charge >= 0.3 is 0 Å². The van der Waals surface area contributed by atoms with Crippen LogP contribution in [0.1, 0.15) is 11.3 Å². The van der Waals surface area contributed by atoms with Gasteiger partial charge in [-0.3, -0.25) is 0 Å². The first-order valence-corrected chi connectivity index (χ1v) is 4.35. The number of aromatic nitrogens is 1. The average Bonchev–Trinajstić information content (AvgIpc) is 2.55. The quantitative estimate of drug-likeness (QED) is 0.691. The summed E-state index contributed by atoms with van der Waals surface area (Å²) in [5, 5.41) is 10.4. The SMILES string of the molecule is C=Cc1[nH]c2ccccc2c1C(=C)O. The Labute approximate surface area is 82.2 Å². The summed E-state index contributed by atoms with van der Waals surface area (Å²) in [6.07, 6.45) is 1.68. The highest BCUT2D eigenvalue weighted by Crippen LogP contribution is 2.27. The maximum Gasteiger partial charge on any atom is 0.118 e. The van der Waals surface area contributed by atoms with Crippen LogP contribution >= 0.6 is 0 Å². The van der Waals surface area contributed by atoms with Gasteiger partial charge in [0.1, 0.15) is 5.76 Å². The second kappa shape index (κ2) is 3.07. The van der Waals surface area contributed by atoms with Gasteiger partial charge in [-0.1, -0.05) is 31.4 Å². The van der Waals surface area contributed by atoms with Crippen molar-refractivity contribution in [2.24, 2.45) is 0 Å². The van der Waals surface area contributed by atoms with Gasteiger partial charge in [0.25, 0.3) is 0 Å². The predicted octanol–water partition coefficient (Wildman–Crippen LogP) is 3.34. The Kier molecular flexibility index (Phi) is 1.89. The summed E-state index contributed by atoms with van der Waals surface area (Å²) in [6, 6.07) is 7.76. The molecule has 0 amide bonds. The van der Waals surface area contributed by atoms with E-state index >= 15 is 0 Å². The lowest BCUT2D eigenvalue weighted by molar-refractivity contribution is 0.514. The molecule has 0 aliphatic carbocycles. The van der Waals surface area contributed by atoms with Crippen LogP contribution in [0.3, 0.4) is 0 Å². The molecule has 0 unspecified atom stereocenters. The summed E-state index contributed by atoms with van der Waals surface area (Å²) in [5.74, 6) is 0.0670. The van der Waals surface area contributed by atoms with Crippen LogP contribution in [0.5, 0.6) is 0 Å². The van der Waals surface area contributed by atoms with Gasteiger partial charge in [0.2, 0.25) is 0 Å². The lowest BCUT2D eigenvalue weighted by Crippen LogP contribution is -1.81. The fourth-order valence-corrected chi connectivity index (χ4v) is 1.63. The fourth-order valence-electron chi connectivity index (χ4n) is 1.63. The van der Waals surface area contributed by atoms with E-state index in [9.17, 15) is 5.11 Å². The van der Waals surface area contributed by atoms with E-state index in [0.29, 0.717) is 0 Å². The highest BCUT2D eigenvalue weighted by atomic mass is 16.3. The molecule has 70 valence electrons. The molecule has 0 bridgehead atoms. The van der Waals surface area contributed by atoms with E-state index in [0.717, 1.165) is 22.2 Å². The molecule has 2 heteroatoms. The molecule has 14 heavy (non-hydrogen) atoms. The number of fused-ring (bicyclic) bond motifs is 1. The topological polar surface area (TPSA) is 36.0 Å². The summed E-state index contributed by atoms with van der Waals surface area (Å²) in [4.78, 5) is 3.16. The molecule has 1 aromatic heterocycles. The maximum absolute atomic E-state index is 9.46. The van der Waals surface area contributed by atoms with E-state index in [4.69, 9.17) is 0 Å². The van der Waals surface area contributed by atoms with Crippen molar-refractivity contribution in [3.63, 3.8) is 0 Å². The zero-order valence-corrected chi connectivity index (χ0v) is 7.75. The van der Waals surface area contributed by atoms with Gasteiger partial charge < -0.3 is 10.1 Å². The van der Waals surface area contributed by atoms with Crippen molar-refractivity contribution < 1.29 is 5.11 Å². The number of H-pyrrole nitrogens is 1. The molecule has 2 nitrogen and oxygen atoms in total. The Hall–Kier alpha value is -1.96. The minimum atomic E-state index is 0.0670. The summed E-state index contributed by atoms with van der Waals surface area (Å²) in [5.41, 5.74) is 2.52.